The van der Waals surface area contributed by atoms with Crippen molar-refractivity contribution in [2.24, 2.45) is 0 Å². The number of quaternary nitrogens is 1. The lowest BCUT2D eigenvalue weighted by Crippen LogP contribution is -3.06. The Morgan fingerprint density at radius 3 is 2.24 bits per heavy atom. The van der Waals surface area contributed by atoms with E-state index in [4.69, 9.17) is 0 Å². The molecule has 3 nitrogen and oxygen atoms in total. The zero-order valence-electron chi connectivity index (χ0n) is 14.5. The van der Waals surface area contributed by atoms with E-state index in [9.17, 15) is 4.79 Å². The summed E-state index contributed by atoms with van der Waals surface area (Å²) in [5.74, 6) is -0.0255. The molecule has 0 spiro atoms. The second kappa shape index (κ2) is 8.10. The number of nitrogens with one attached hydrogen (secondary N) is 2. The molecule has 0 fully saturated rings. The minimum atomic E-state index is -0.0255. The van der Waals surface area contributed by atoms with Crippen molar-refractivity contribution < 1.29 is 9.69 Å². The molecule has 0 saturated heterocycles. The van der Waals surface area contributed by atoms with Gasteiger partial charge in [-0.05, 0) is 34.7 Å². The molecule has 0 unspecified atom stereocenters. The summed E-state index contributed by atoms with van der Waals surface area (Å²) in [6.45, 7) is 0.627. The Labute approximate surface area is 152 Å². The summed E-state index contributed by atoms with van der Waals surface area (Å²) in [6, 6.07) is 22.4. The highest BCUT2D eigenvalue weighted by atomic mass is 32.1. The Balaban J connectivity index is 1.65. The monoisotopic (exact) mass is 351 g/mol. The highest BCUT2D eigenvalue weighted by Crippen LogP contribution is 2.19. The molecule has 1 amide bonds. The standard InChI is InChI=1S/C21H22N2OS/c1-23(2)19(20-9-6-14-25-20)15-22-21(24)18-12-10-17(11-13-18)16-7-4-3-5-8-16/h3-14,19H,15H2,1-2H3,(H,22,24)/p+1/t19-/m1/s1. The van der Waals surface area contributed by atoms with Crippen LogP contribution in [0.15, 0.2) is 72.1 Å². The van der Waals surface area contributed by atoms with Crippen LogP contribution >= 0.6 is 11.3 Å². The number of amides is 1. The number of hydrogen-bond acceptors (Lipinski definition) is 2. The molecule has 1 atom stereocenters. The van der Waals surface area contributed by atoms with Crippen LogP contribution in [0.4, 0.5) is 0 Å². The normalized spacial score (nSPS) is 12.1. The Kier molecular flexibility index (Phi) is 5.64. The van der Waals surface area contributed by atoms with E-state index in [0.29, 0.717) is 12.1 Å². The van der Waals surface area contributed by atoms with E-state index in [-0.39, 0.29) is 11.9 Å². The number of likely N-dealkylation sites (N-methyl/N-ethyl adjacent to an activating group) is 1. The Morgan fingerprint density at radius 1 is 0.960 bits per heavy atom. The minimum Gasteiger partial charge on any atom is -0.346 e. The molecule has 0 radical (unpaired) electrons. The molecule has 0 aliphatic carbocycles. The lowest BCUT2D eigenvalue weighted by Gasteiger charge is -2.20. The predicted molar refractivity (Wildman–Crippen MR) is 104 cm³/mol. The minimum absolute atomic E-state index is 0.0255. The largest absolute Gasteiger partial charge is 0.346 e. The number of carbonyl (C=O) groups is 1. The van der Waals surface area contributed by atoms with E-state index in [1.54, 1.807) is 11.3 Å². The maximum atomic E-state index is 12.5. The van der Waals surface area contributed by atoms with Crippen molar-refractivity contribution in [3.05, 3.63) is 82.6 Å². The maximum Gasteiger partial charge on any atom is 0.251 e. The molecule has 3 rings (SSSR count). The van der Waals surface area contributed by atoms with Gasteiger partial charge in [-0.2, -0.15) is 0 Å². The average Bonchev–Trinajstić information content (AvgIpc) is 3.16. The van der Waals surface area contributed by atoms with Gasteiger partial charge < -0.3 is 10.2 Å². The zero-order chi connectivity index (χ0) is 17.6. The molecule has 0 aliphatic rings. The molecule has 1 aromatic heterocycles. The van der Waals surface area contributed by atoms with Gasteiger partial charge in [0.2, 0.25) is 0 Å². The van der Waals surface area contributed by atoms with Crippen LogP contribution in [0, 0.1) is 0 Å². The first kappa shape index (κ1) is 17.4. The van der Waals surface area contributed by atoms with Gasteiger partial charge in [0.15, 0.2) is 0 Å². The molecular weight excluding hydrogens is 328 g/mol. The van der Waals surface area contributed by atoms with Crippen LogP contribution in [0.2, 0.25) is 0 Å². The number of benzene rings is 2. The summed E-state index contributed by atoms with van der Waals surface area (Å²) in [4.78, 5) is 15.1. The predicted octanol–water partition coefficient (Wildman–Crippen LogP) is 3.03. The van der Waals surface area contributed by atoms with Gasteiger partial charge in [-0.15, -0.1) is 11.3 Å². The lowest BCUT2D eigenvalue weighted by atomic mass is 10.0. The number of hydrogen-bond donors (Lipinski definition) is 2. The molecular formula is C21H23N2OS+. The van der Waals surface area contributed by atoms with E-state index in [0.717, 1.165) is 11.1 Å². The quantitative estimate of drug-likeness (QED) is 0.703. The van der Waals surface area contributed by atoms with E-state index in [2.05, 4.69) is 49.1 Å². The third-order valence-electron chi connectivity index (χ3n) is 4.30. The van der Waals surface area contributed by atoms with Crippen molar-refractivity contribution in [2.45, 2.75) is 6.04 Å². The van der Waals surface area contributed by atoms with E-state index in [1.807, 2.05) is 42.5 Å². The molecule has 1 heterocycles. The highest BCUT2D eigenvalue weighted by Gasteiger charge is 2.20. The third-order valence-corrected chi connectivity index (χ3v) is 5.29. The van der Waals surface area contributed by atoms with Crippen molar-refractivity contribution in [3.8, 4) is 11.1 Å². The van der Waals surface area contributed by atoms with Crippen molar-refractivity contribution in [1.29, 1.82) is 0 Å². The highest BCUT2D eigenvalue weighted by molar-refractivity contribution is 7.10. The number of rotatable bonds is 6. The van der Waals surface area contributed by atoms with Crippen molar-refractivity contribution in [1.82, 2.24) is 5.32 Å². The molecule has 3 aromatic rings. The summed E-state index contributed by atoms with van der Waals surface area (Å²) in [5.41, 5.74) is 2.97. The molecule has 0 bridgehead atoms. The van der Waals surface area contributed by atoms with Crippen molar-refractivity contribution >= 4 is 17.2 Å². The van der Waals surface area contributed by atoms with Gasteiger partial charge in [0.1, 0.15) is 6.04 Å². The SMILES string of the molecule is C[NH+](C)[C@H](CNC(=O)c1ccc(-c2ccccc2)cc1)c1cccs1. The van der Waals surface area contributed by atoms with E-state index in [1.165, 1.54) is 9.78 Å². The lowest BCUT2D eigenvalue weighted by molar-refractivity contribution is -0.890. The molecule has 2 aromatic carbocycles. The first-order valence-electron chi connectivity index (χ1n) is 8.42. The van der Waals surface area contributed by atoms with Gasteiger partial charge in [-0.25, -0.2) is 0 Å². The topological polar surface area (TPSA) is 33.5 Å². The van der Waals surface area contributed by atoms with Gasteiger partial charge in [-0.3, -0.25) is 4.79 Å². The maximum absolute atomic E-state index is 12.5. The summed E-state index contributed by atoms with van der Waals surface area (Å²) in [6.07, 6.45) is 0. The average molecular weight is 351 g/mol. The van der Waals surface area contributed by atoms with Crippen LogP contribution in [-0.2, 0) is 0 Å². The first-order valence-corrected chi connectivity index (χ1v) is 9.30. The van der Waals surface area contributed by atoms with Gasteiger partial charge in [0, 0.05) is 5.56 Å². The molecule has 2 N–H and O–H groups in total. The molecule has 25 heavy (non-hydrogen) atoms. The summed E-state index contributed by atoms with van der Waals surface area (Å²) in [5, 5.41) is 5.15. The second-order valence-electron chi connectivity index (χ2n) is 6.30. The molecule has 128 valence electrons. The second-order valence-corrected chi connectivity index (χ2v) is 7.28. The van der Waals surface area contributed by atoms with Gasteiger partial charge >= 0.3 is 0 Å². The summed E-state index contributed by atoms with van der Waals surface area (Å²) in [7, 11) is 4.23. The van der Waals surface area contributed by atoms with E-state index < -0.39 is 0 Å². The summed E-state index contributed by atoms with van der Waals surface area (Å²) >= 11 is 1.73. The fourth-order valence-corrected chi connectivity index (χ4v) is 3.77. The fraction of sp³-hybridized carbons (Fsp3) is 0.190. The number of carbonyl (C=O) groups excluding carboxylic acids is 1. The number of thiophene rings is 1. The van der Waals surface area contributed by atoms with E-state index >= 15 is 0 Å². The van der Waals surface area contributed by atoms with Crippen LogP contribution < -0.4 is 10.2 Å². The van der Waals surface area contributed by atoms with Gasteiger partial charge in [-0.1, -0.05) is 48.5 Å². The van der Waals surface area contributed by atoms with Crippen LogP contribution in [0.25, 0.3) is 11.1 Å². The smallest absolute Gasteiger partial charge is 0.251 e. The first-order chi connectivity index (χ1) is 12.1. The molecule has 4 heteroatoms. The van der Waals surface area contributed by atoms with Gasteiger partial charge in [0.05, 0.1) is 25.5 Å². The zero-order valence-corrected chi connectivity index (χ0v) is 15.3. The molecule has 0 saturated carbocycles. The van der Waals surface area contributed by atoms with Gasteiger partial charge in [0.25, 0.3) is 5.91 Å². The molecule has 0 aliphatic heterocycles. The fourth-order valence-electron chi connectivity index (χ4n) is 2.82. The Morgan fingerprint density at radius 2 is 1.64 bits per heavy atom. The van der Waals surface area contributed by atoms with Crippen LogP contribution in [0.3, 0.4) is 0 Å². The Hall–Kier alpha value is -2.43. The Bertz CT molecular complexity index is 796. The third kappa shape index (κ3) is 4.35. The van der Waals surface area contributed by atoms with Crippen LogP contribution in [-0.4, -0.2) is 26.5 Å². The van der Waals surface area contributed by atoms with Crippen LogP contribution in [0.5, 0.6) is 0 Å². The van der Waals surface area contributed by atoms with Crippen molar-refractivity contribution in [2.75, 3.05) is 20.6 Å². The van der Waals surface area contributed by atoms with Crippen LogP contribution in [0.1, 0.15) is 21.3 Å². The summed E-state index contributed by atoms with van der Waals surface area (Å²) < 4.78 is 0. The van der Waals surface area contributed by atoms with Crippen molar-refractivity contribution in [3.63, 3.8) is 0 Å².